The Kier molecular flexibility index (Phi) is 3.82. The molecular formula is C12H20N2OS. The fraction of sp³-hybridized carbons (Fsp3) is 0.750. The van der Waals surface area contributed by atoms with Crippen molar-refractivity contribution in [2.75, 3.05) is 18.1 Å². The number of hydrogen-bond acceptors (Lipinski definition) is 4. The molecule has 1 aromatic heterocycles. The molecule has 1 fully saturated rings. The highest BCUT2D eigenvalue weighted by atomic mass is 32.1. The molecule has 4 heteroatoms. The first kappa shape index (κ1) is 11.9. The highest BCUT2D eigenvalue weighted by molar-refractivity contribution is 7.15. The third-order valence-corrected chi connectivity index (χ3v) is 4.46. The first-order valence-electron chi connectivity index (χ1n) is 6.04. The fourth-order valence-electron chi connectivity index (χ4n) is 2.28. The SMILES string of the molecule is Cc1nc(N2CCCCC2CCO)sc1C. The van der Waals surface area contributed by atoms with E-state index in [2.05, 4.69) is 23.7 Å². The summed E-state index contributed by atoms with van der Waals surface area (Å²) in [5.41, 5.74) is 1.15. The zero-order valence-corrected chi connectivity index (χ0v) is 10.9. The van der Waals surface area contributed by atoms with Crippen molar-refractivity contribution in [2.24, 2.45) is 0 Å². The first-order chi connectivity index (χ1) is 7.72. The molecule has 1 aliphatic rings. The molecule has 1 unspecified atom stereocenters. The normalized spacial score (nSPS) is 21.4. The van der Waals surface area contributed by atoms with Crippen molar-refractivity contribution >= 4 is 16.5 Å². The minimum atomic E-state index is 0.282. The standard InChI is InChI=1S/C12H20N2OS/c1-9-10(2)16-12(13-9)14-7-4-3-5-11(14)6-8-15/h11,15H,3-8H2,1-2H3. The van der Waals surface area contributed by atoms with Crippen LogP contribution < -0.4 is 4.90 Å². The van der Waals surface area contributed by atoms with Gasteiger partial charge >= 0.3 is 0 Å². The molecule has 0 saturated carbocycles. The lowest BCUT2D eigenvalue weighted by Crippen LogP contribution is -2.40. The number of aliphatic hydroxyl groups excluding tert-OH is 1. The van der Waals surface area contributed by atoms with Crippen molar-refractivity contribution < 1.29 is 5.11 Å². The van der Waals surface area contributed by atoms with Gasteiger partial charge in [-0.3, -0.25) is 0 Å². The van der Waals surface area contributed by atoms with E-state index in [4.69, 9.17) is 5.11 Å². The summed E-state index contributed by atoms with van der Waals surface area (Å²) in [6.45, 7) is 5.57. The fourth-order valence-corrected chi connectivity index (χ4v) is 3.29. The van der Waals surface area contributed by atoms with Gasteiger partial charge in [-0.05, 0) is 39.5 Å². The van der Waals surface area contributed by atoms with E-state index in [1.165, 1.54) is 24.1 Å². The van der Waals surface area contributed by atoms with E-state index in [0.717, 1.165) is 23.8 Å². The van der Waals surface area contributed by atoms with Crippen molar-refractivity contribution in [3.05, 3.63) is 10.6 Å². The van der Waals surface area contributed by atoms with Gasteiger partial charge in [-0.15, -0.1) is 11.3 Å². The number of thiazole rings is 1. The smallest absolute Gasteiger partial charge is 0.186 e. The van der Waals surface area contributed by atoms with E-state index in [1.54, 1.807) is 11.3 Å². The van der Waals surface area contributed by atoms with Crippen LogP contribution >= 0.6 is 11.3 Å². The predicted octanol–water partition coefficient (Wildman–Crippen LogP) is 2.50. The molecule has 0 aromatic carbocycles. The average Bonchev–Trinajstić information content (AvgIpc) is 2.60. The van der Waals surface area contributed by atoms with E-state index in [1.807, 2.05) is 0 Å². The van der Waals surface area contributed by atoms with E-state index in [0.29, 0.717) is 6.04 Å². The molecule has 0 amide bonds. The number of aromatic nitrogens is 1. The summed E-state index contributed by atoms with van der Waals surface area (Å²) in [6, 6.07) is 0.490. The third kappa shape index (κ3) is 2.38. The van der Waals surface area contributed by atoms with Gasteiger partial charge in [0.15, 0.2) is 5.13 Å². The topological polar surface area (TPSA) is 36.4 Å². The van der Waals surface area contributed by atoms with Crippen LogP contribution in [-0.2, 0) is 0 Å². The Labute approximate surface area is 101 Å². The van der Waals surface area contributed by atoms with Crippen molar-refractivity contribution in [2.45, 2.75) is 45.6 Å². The highest BCUT2D eigenvalue weighted by Crippen LogP contribution is 2.31. The summed E-state index contributed by atoms with van der Waals surface area (Å²) in [7, 11) is 0. The number of nitrogens with zero attached hydrogens (tertiary/aromatic N) is 2. The zero-order chi connectivity index (χ0) is 11.5. The van der Waals surface area contributed by atoms with Gasteiger partial charge in [0.2, 0.25) is 0 Å². The molecule has 3 nitrogen and oxygen atoms in total. The molecule has 1 aliphatic heterocycles. The van der Waals surface area contributed by atoms with E-state index in [-0.39, 0.29) is 6.61 Å². The van der Waals surface area contributed by atoms with Crippen LogP contribution in [0.1, 0.15) is 36.3 Å². The molecule has 1 saturated heterocycles. The average molecular weight is 240 g/mol. The lowest BCUT2D eigenvalue weighted by molar-refractivity contribution is 0.262. The Morgan fingerprint density at radius 1 is 1.44 bits per heavy atom. The summed E-state index contributed by atoms with van der Waals surface area (Å²) in [6.07, 6.45) is 4.60. The first-order valence-corrected chi connectivity index (χ1v) is 6.85. The molecule has 16 heavy (non-hydrogen) atoms. The minimum absolute atomic E-state index is 0.282. The number of hydrogen-bond donors (Lipinski definition) is 1. The molecule has 0 bridgehead atoms. The lowest BCUT2D eigenvalue weighted by Gasteiger charge is -2.35. The van der Waals surface area contributed by atoms with Crippen LogP contribution in [0.3, 0.4) is 0 Å². The van der Waals surface area contributed by atoms with Crippen LogP contribution in [0, 0.1) is 13.8 Å². The minimum Gasteiger partial charge on any atom is -0.396 e. The van der Waals surface area contributed by atoms with Gasteiger partial charge in [0, 0.05) is 24.1 Å². The predicted molar refractivity (Wildman–Crippen MR) is 68.3 cm³/mol. The van der Waals surface area contributed by atoms with Crippen LogP contribution in [0.5, 0.6) is 0 Å². The van der Waals surface area contributed by atoms with Gasteiger partial charge in [-0.25, -0.2) is 4.98 Å². The molecule has 90 valence electrons. The second kappa shape index (κ2) is 5.15. The highest BCUT2D eigenvalue weighted by Gasteiger charge is 2.24. The Bertz CT molecular complexity index is 329. The van der Waals surface area contributed by atoms with E-state index in [9.17, 15) is 0 Å². The van der Waals surface area contributed by atoms with Crippen LogP contribution in [0.2, 0.25) is 0 Å². The summed E-state index contributed by atoms with van der Waals surface area (Å²) < 4.78 is 0. The number of rotatable bonds is 3. The van der Waals surface area contributed by atoms with Crippen molar-refractivity contribution in [1.82, 2.24) is 4.98 Å². The molecule has 1 N–H and O–H groups in total. The van der Waals surface area contributed by atoms with Crippen LogP contribution in [-0.4, -0.2) is 29.3 Å². The Balaban J connectivity index is 2.16. The van der Waals surface area contributed by atoms with Gasteiger partial charge in [0.25, 0.3) is 0 Å². The maximum absolute atomic E-state index is 9.10. The van der Waals surface area contributed by atoms with Gasteiger partial charge in [0.1, 0.15) is 0 Å². The summed E-state index contributed by atoms with van der Waals surface area (Å²) in [5, 5.41) is 10.2. The van der Waals surface area contributed by atoms with E-state index >= 15 is 0 Å². The molecule has 0 radical (unpaired) electrons. The molecule has 1 aromatic rings. The van der Waals surface area contributed by atoms with Crippen molar-refractivity contribution in [3.8, 4) is 0 Å². The van der Waals surface area contributed by atoms with Gasteiger partial charge in [-0.1, -0.05) is 0 Å². The number of anilines is 1. The van der Waals surface area contributed by atoms with Crippen LogP contribution in [0.25, 0.3) is 0 Å². The number of aliphatic hydroxyl groups is 1. The van der Waals surface area contributed by atoms with Gasteiger partial charge in [0.05, 0.1) is 5.69 Å². The molecular weight excluding hydrogens is 220 g/mol. The quantitative estimate of drug-likeness (QED) is 0.882. The Morgan fingerprint density at radius 2 is 2.25 bits per heavy atom. The van der Waals surface area contributed by atoms with Gasteiger partial charge < -0.3 is 10.0 Å². The molecule has 2 rings (SSSR count). The maximum Gasteiger partial charge on any atom is 0.186 e. The van der Waals surface area contributed by atoms with Crippen molar-refractivity contribution in [1.29, 1.82) is 0 Å². The zero-order valence-electron chi connectivity index (χ0n) is 10.1. The largest absolute Gasteiger partial charge is 0.396 e. The lowest BCUT2D eigenvalue weighted by atomic mass is 10.0. The third-order valence-electron chi connectivity index (χ3n) is 3.35. The number of aryl methyl sites for hydroxylation is 2. The molecule has 0 aliphatic carbocycles. The summed E-state index contributed by atoms with van der Waals surface area (Å²) >= 11 is 1.78. The molecule has 1 atom stereocenters. The second-order valence-corrected chi connectivity index (χ2v) is 5.67. The van der Waals surface area contributed by atoms with Crippen molar-refractivity contribution in [3.63, 3.8) is 0 Å². The van der Waals surface area contributed by atoms with E-state index < -0.39 is 0 Å². The Morgan fingerprint density at radius 3 is 2.88 bits per heavy atom. The Hall–Kier alpha value is -0.610. The summed E-state index contributed by atoms with van der Waals surface area (Å²) in [4.78, 5) is 8.33. The van der Waals surface area contributed by atoms with Crippen LogP contribution in [0.15, 0.2) is 0 Å². The maximum atomic E-state index is 9.10. The monoisotopic (exact) mass is 240 g/mol. The number of piperidine rings is 1. The molecule has 0 spiro atoms. The summed E-state index contributed by atoms with van der Waals surface area (Å²) in [5.74, 6) is 0. The van der Waals surface area contributed by atoms with Crippen LogP contribution in [0.4, 0.5) is 5.13 Å². The molecule has 2 heterocycles. The second-order valence-electron chi connectivity index (χ2n) is 4.49. The van der Waals surface area contributed by atoms with Gasteiger partial charge in [-0.2, -0.15) is 0 Å².